The summed E-state index contributed by atoms with van der Waals surface area (Å²) in [5, 5.41) is 6.87. The molecule has 2 aromatic heterocycles. The van der Waals surface area contributed by atoms with Crippen molar-refractivity contribution in [3.05, 3.63) is 48.2 Å². The highest BCUT2D eigenvalue weighted by Crippen LogP contribution is 2.37. The van der Waals surface area contributed by atoms with Crippen LogP contribution in [0.25, 0.3) is 32.7 Å². The van der Waals surface area contributed by atoms with Gasteiger partial charge in [-0.2, -0.15) is 0 Å². The van der Waals surface area contributed by atoms with Crippen molar-refractivity contribution in [1.29, 1.82) is 0 Å². The normalized spacial score (nSPS) is 16.4. The maximum absolute atomic E-state index is 11.7. The number of ether oxygens (including phenoxy) is 1. The topological polar surface area (TPSA) is 48.2 Å². The van der Waals surface area contributed by atoms with Crippen molar-refractivity contribution in [3.63, 3.8) is 0 Å². The fourth-order valence-electron chi connectivity index (χ4n) is 4.59. The highest BCUT2D eigenvalue weighted by atomic mass is 16.5. The zero-order valence-corrected chi connectivity index (χ0v) is 16.1. The van der Waals surface area contributed by atoms with E-state index in [9.17, 15) is 4.79 Å². The van der Waals surface area contributed by atoms with Gasteiger partial charge in [0.25, 0.3) is 0 Å². The van der Waals surface area contributed by atoms with E-state index in [-0.39, 0.29) is 6.10 Å². The fourth-order valence-corrected chi connectivity index (χ4v) is 4.59. The highest BCUT2D eigenvalue weighted by Gasteiger charge is 2.24. The predicted octanol–water partition coefficient (Wildman–Crippen LogP) is 3.96. The Balaban J connectivity index is 1.63. The van der Waals surface area contributed by atoms with Crippen molar-refractivity contribution >= 4 is 39.0 Å². The first kappa shape index (κ1) is 17.5. The molecule has 1 atom stereocenters. The Hall–Kier alpha value is -2.63. The summed E-state index contributed by atoms with van der Waals surface area (Å²) in [4.78, 5) is 11.7. The van der Waals surface area contributed by atoms with E-state index in [0.717, 1.165) is 62.0 Å². The number of aldehydes is 1. The van der Waals surface area contributed by atoms with Crippen molar-refractivity contribution in [1.82, 2.24) is 14.5 Å². The number of aromatic nitrogens is 2. The quantitative estimate of drug-likeness (QED) is 0.393. The molecule has 1 aliphatic heterocycles. The molecule has 0 bridgehead atoms. The number of carbonyl (C=O) groups excluding carboxylic acids is 1. The van der Waals surface area contributed by atoms with Gasteiger partial charge in [0.2, 0.25) is 0 Å². The standard InChI is InChI=1S/C23H25N3O2/c1-2-24-10-5-11-28-17-13-25-12-16(15-27)18-8-9-20-19-6-3-4-7-21(19)26(14-17)23(20)22(18)25/h3-4,6-9,12,15,17,24H,2,5,10-11,13-14H2,1H3. The summed E-state index contributed by atoms with van der Waals surface area (Å²) >= 11 is 0. The lowest BCUT2D eigenvalue weighted by atomic mass is 10.1. The molecule has 1 N–H and O–H groups in total. The summed E-state index contributed by atoms with van der Waals surface area (Å²) in [6.45, 7) is 6.41. The number of hydrogen-bond acceptors (Lipinski definition) is 3. The third-order valence-corrected chi connectivity index (χ3v) is 5.81. The molecule has 0 amide bonds. The molecule has 0 spiro atoms. The molecule has 5 heteroatoms. The Morgan fingerprint density at radius 3 is 2.82 bits per heavy atom. The first-order chi connectivity index (χ1) is 13.8. The van der Waals surface area contributed by atoms with Crippen LogP contribution in [-0.4, -0.2) is 41.2 Å². The van der Waals surface area contributed by atoms with Crippen LogP contribution in [0, 0.1) is 0 Å². The SMILES string of the molecule is CCNCCCOC1Cn2cc(C=O)c3ccc4c5ccccc5n(c4c32)C1. The molecule has 28 heavy (non-hydrogen) atoms. The van der Waals surface area contributed by atoms with E-state index < -0.39 is 0 Å². The Kier molecular flexibility index (Phi) is 4.41. The monoisotopic (exact) mass is 375 g/mol. The highest BCUT2D eigenvalue weighted by molar-refractivity contribution is 6.19. The van der Waals surface area contributed by atoms with E-state index in [1.54, 1.807) is 0 Å². The average Bonchev–Trinajstić information content (AvgIpc) is 3.18. The van der Waals surface area contributed by atoms with E-state index in [1.165, 1.54) is 21.8 Å². The van der Waals surface area contributed by atoms with Crippen LogP contribution >= 0.6 is 0 Å². The summed E-state index contributed by atoms with van der Waals surface area (Å²) < 4.78 is 10.9. The number of nitrogens with one attached hydrogen (secondary N) is 1. The van der Waals surface area contributed by atoms with Gasteiger partial charge in [-0.25, -0.2) is 0 Å². The number of carbonyl (C=O) groups is 1. The second-order valence-electron chi connectivity index (χ2n) is 7.54. The molecule has 1 unspecified atom stereocenters. The number of rotatable bonds is 7. The molecule has 5 nitrogen and oxygen atoms in total. The lowest BCUT2D eigenvalue weighted by Crippen LogP contribution is -2.25. The van der Waals surface area contributed by atoms with E-state index in [0.29, 0.717) is 0 Å². The van der Waals surface area contributed by atoms with Crippen LogP contribution < -0.4 is 5.32 Å². The van der Waals surface area contributed by atoms with Gasteiger partial charge < -0.3 is 19.2 Å². The third-order valence-electron chi connectivity index (χ3n) is 5.81. The van der Waals surface area contributed by atoms with Gasteiger partial charge in [-0.1, -0.05) is 37.3 Å². The molecule has 0 aliphatic carbocycles. The summed E-state index contributed by atoms with van der Waals surface area (Å²) in [6, 6.07) is 12.8. The van der Waals surface area contributed by atoms with Crippen LogP contribution in [0.3, 0.4) is 0 Å². The maximum Gasteiger partial charge on any atom is 0.152 e. The molecular weight excluding hydrogens is 350 g/mol. The molecule has 0 saturated carbocycles. The van der Waals surface area contributed by atoms with Crippen molar-refractivity contribution in [2.24, 2.45) is 0 Å². The van der Waals surface area contributed by atoms with Gasteiger partial charge in [-0.05, 0) is 25.6 Å². The summed E-state index contributed by atoms with van der Waals surface area (Å²) in [5.41, 5.74) is 4.34. The molecule has 5 rings (SSSR count). The fraction of sp³-hybridized carbons (Fsp3) is 0.348. The minimum atomic E-state index is 0.0723. The summed E-state index contributed by atoms with van der Waals surface area (Å²) in [7, 11) is 0. The van der Waals surface area contributed by atoms with E-state index in [2.05, 4.69) is 57.8 Å². The van der Waals surface area contributed by atoms with Crippen LogP contribution in [0.2, 0.25) is 0 Å². The molecule has 144 valence electrons. The number of benzene rings is 2. The Labute approximate surface area is 163 Å². The largest absolute Gasteiger partial charge is 0.374 e. The Morgan fingerprint density at radius 2 is 1.96 bits per heavy atom. The molecule has 2 aromatic carbocycles. The van der Waals surface area contributed by atoms with E-state index in [4.69, 9.17) is 4.74 Å². The molecule has 1 aliphatic rings. The van der Waals surface area contributed by atoms with Crippen molar-refractivity contribution < 1.29 is 9.53 Å². The molecule has 0 fully saturated rings. The second kappa shape index (κ2) is 7.08. The first-order valence-electron chi connectivity index (χ1n) is 10.1. The Bertz CT molecular complexity index is 1170. The number of para-hydroxylation sites is 1. The van der Waals surface area contributed by atoms with Crippen LogP contribution in [0.4, 0.5) is 0 Å². The van der Waals surface area contributed by atoms with E-state index >= 15 is 0 Å². The molecular formula is C23H25N3O2. The summed E-state index contributed by atoms with van der Waals surface area (Å²) in [5.74, 6) is 0. The minimum absolute atomic E-state index is 0.0723. The van der Waals surface area contributed by atoms with Crippen LogP contribution in [0.15, 0.2) is 42.6 Å². The maximum atomic E-state index is 11.7. The zero-order chi connectivity index (χ0) is 19.1. The Morgan fingerprint density at radius 1 is 1.11 bits per heavy atom. The van der Waals surface area contributed by atoms with Crippen molar-refractivity contribution in [2.45, 2.75) is 32.5 Å². The van der Waals surface area contributed by atoms with Gasteiger partial charge >= 0.3 is 0 Å². The van der Waals surface area contributed by atoms with Crippen molar-refractivity contribution in [3.8, 4) is 0 Å². The van der Waals surface area contributed by atoms with Crippen LogP contribution in [0.1, 0.15) is 23.7 Å². The van der Waals surface area contributed by atoms with E-state index in [1.807, 2.05) is 6.20 Å². The van der Waals surface area contributed by atoms with Crippen molar-refractivity contribution in [2.75, 3.05) is 19.7 Å². The number of hydrogen-bond donors (Lipinski definition) is 1. The number of nitrogens with zero attached hydrogens (tertiary/aromatic N) is 2. The third kappa shape index (κ3) is 2.65. The second-order valence-corrected chi connectivity index (χ2v) is 7.54. The molecule has 4 aromatic rings. The lowest BCUT2D eigenvalue weighted by Gasteiger charge is -2.18. The van der Waals surface area contributed by atoms with Gasteiger partial charge in [0.1, 0.15) is 0 Å². The first-order valence-corrected chi connectivity index (χ1v) is 10.1. The number of fused-ring (bicyclic) bond motifs is 3. The minimum Gasteiger partial charge on any atom is -0.374 e. The van der Waals surface area contributed by atoms with Crippen LogP contribution in [-0.2, 0) is 17.8 Å². The molecule has 0 radical (unpaired) electrons. The van der Waals surface area contributed by atoms with Gasteiger partial charge in [0.05, 0.1) is 30.2 Å². The lowest BCUT2D eigenvalue weighted by molar-refractivity contribution is 0.0321. The predicted molar refractivity (Wildman–Crippen MR) is 113 cm³/mol. The van der Waals surface area contributed by atoms with Gasteiger partial charge in [-0.3, -0.25) is 4.79 Å². The summed E-state index contributed by atoms with van der Waals surface area (Å²) in [6.07, 6.45) is 4.02. The van der Waals surface area contributed by atoms with Crippen LogP contribution in [0.5, 0.6) is 0 Å². The molecule has 3 heterocycles. The average molecular weight is 375 g/mol. The smallest absolute Gasteiger partial charge is 0.152 e. The van der Waals surface area contributed by atoms with Gasteiger partial charge in [0.15, 0.2) is 6.29 Å². The molecule has 0 saturated heterocycles. The zero-order valence-electron chi connectivity index (χ0n) is 16.1. The van der Waals surface area contributed by atoms with Gasteiger partial charge in [0, 0.05) is 40.0 Å². The van der Waals surface area contributed by atoms with Gasteiger partial charge in [-0.15, -0.1) is 0 Å².